The lowest BCUT2D eigenvalue weighted by atomic mass is 10.2. The highest BCUT2D eigenvalue weighted by Crippen LogP contribution is 2.20. The Hall–Kier alpha value is -2.49. The Balaban J connectivity index is 2.10. The number of imidazole rings is 1. The number of aromatic nitrogens is 4. The summed E-state index contributed by atoms with van der Waals surface area (Å²) in [4.78, 5) is 13.2. The number of hydrogen-bond donors (Lipinski definition) is 0. The topological polar surface area (TPSA) is 43.6 Å². The zero-order valence-electron chi connectivity index (χ0n) is 11.6. The van der Waals surface area contributed by atoms with Gasteiger partial charge < -0.3 is 0 Å². The van der Waals surface area contributed by atoms with Gasteiger partial charge in [-0.1, -0.05) is 19.1 Å². The van der Waals surface area contributed by atoms with E-state index < -0.39 is 0 Å². The number of benzene rings is 1. The molecule has 0 saturated carbocycles. The fraction of sp³-hybridized carbons (Fsp3) is 0.188. The number of nitrogens with zero attached hydrogens (tertiary/aromatic N) is 4. The molecule has 0 aliphatic rings. The van der Waals surface area contributed by atoms with E-state index in [0.717, 1.165) is 29.5 Å². The smallest absolute Gasteiger partial charge is 0.163 e. The van der Waals surface area contributed by atoms with Gasteiger partial charge >= 0.3 is 0 Å². The van der Waals surface area contributed by atoms with Gasteiger partial charge in [0.15, 0.2) is 5.82 Å². The van der Waals surface area contributed by atoms with Crippen molar-refractivity contribution in [3.8, 4) is 17.2 Å². The number of aryl methyl sites for hydroxylation is 2. The van der Waals surface area contributed by atoms with E-state index in [2.05, 4.69) is 44.6 Å². The molecule has 0 spiro atoms. The van der Waals surface area contributed by atoms with Gasteiger partial charge in [-0.2, -0.15) is 0 Å². The van der Waals surface area contributed by atoms with Gasteiger partial charge in [0.05, 0.1) is 0 Å². The normalized spacial score (nSPS) is 10.7. The van der Waals surface area contributed by atoms with Gasteiger partial charge in [-0.25, -0.2) is 15.0 Å². The van der Waals surface area contributed by atoms with E-state index in [1.165, 1.54) is 5.56 Å². The van der Waals surface area contributed by atoms with Crippen LogP contribution in [0.3, 0.4) is 0 Å². The van der Waals surface area contributed by atoms with Crippen molar-refractivity contribution in [1.29, 1.82) is 0 Å². The van der Waals surface area contributed by atoms with Crippen molar-refractivity contribution in [1.82, 2.24) is 19.5 Å². The fourth-order valence-electron chi connectivity index (χ4n) is 2.17. The van der Waals surface area contributed by atoms with Gasteiger partial charge in [0.1, 0.15) is 11.5 Å². The first-order valence-corrected chi connectivity index (χ1v) is 6.70. The second-order valence-electron chi connectivity index (χ2n) is 4.67. The predicted molar refractivity (Wildman–Crippen MR) is 78.7 cm³/mol. The van der Waals surface area contributed by atoms with Gasteiger partial charge in [0.2, 0.25) is 0 Å². The minimum Gasteiger partial charge on any atom is -0.299 e. The fourth-order valence-corrected chi connectivity index (χ4v) is 2.17. The number of hydrogen-bond acceptors (Lipinski definition) is 3. The van der Waals surface area contributed by atoms with Crippen LogP contribution in [-0.2, 0) is 6.42 Å². The SMILES string of the molecule is CCc1nccc(-c2nccn2-c2cccc(C)c2)n1. The van der Waals surface area contributed by atoms with Crippen LogP contribution in [0.25, 0.3) is 17.2 Å². The molecule has 0 bridgehead atoms. The first-order chi connectivity index (χ1) is 9.78. The van der Waals surface area contributed by atoms with Gasteiger partial charge in [-0.05, 0) is 30.7 Å². The Labute approximate surface area is 118 Å². The molecule has 0 atom stereocenters. The maximum absolute atomic E-state index is 4.55. The summed E-state index contributed by atoms with van der Waals surface area (Å²) in [6.07, 6.45) is 6.36. The molecule has 4 nitrogen and oxygen atoms in total. The summed E-state index contributed by atoms with van der Waals surface area (Å²) in [6.45, 7) is 4.13. The lowest BCUT2D eigenvalue weighted by Gasteiger charge is -2.08. The quantitative estimate of drug-likeness (QED) is 0.729. The first kappa shape index (κ1) is 12.5. The van der Waals surface area contributed by atoms with Crippen LogP contribution < -0.4 is 0 Å². The highest BCUT2D eigenvalue weighted by Gasteiger charge is 2.09. The Morgan fingerprint density at radius 2 is 2.00 bits per heavy atom. The van der Waals surface area contributed by atoms with Crippen molar-refractivity contribution >= 4 is 0 Å². The maximum Gasteiger partial charge on any atom is 0.163 e. The van der Waals surface area contributed by atoms with Crippen molar-refractivity contribution in [2.24, 2.45) is 0 Å². The van der Waals surface area contributed by atoms with Gasteiger partial charge in [0.25, 0.3) is 0 Å². The molecule has 1 aromatic carbocycles. The Kier molecular flexibility index (Phi) is 3.29. The molecule has 3 rings (SSSR count). The third kappa shape index (κ3) is 2.32. The highest BCUT2D eigenvalue weighted by atomic mass is 15.1. The van der Waals surface area contributed by atoms with Gasteiger partial charge in [-0.3, -0.25) is 4.57 Å². The van der Waals surface area contributed by atoms with E-state index in [9.17, 15) is 0 Å². The lowest BCUT2D eigenvalue weighted by Crippen LogP contribution is -2.00. The summed E-state index contributed by atoms with van der Waals surface area (Å²) in [5, 5.41) is 0. The van der Waals surface area contributed by atoms with Crippen molar-refractivity contribution in [3.63, 3.8) is 0 Å². The monoisotopic (exact) mass is 264 g/mol. The van der Waals surface area contributed by atoms with Crippen molar-refractivity contribution < 1.29 is 0 Å². The molecular formula is C16H16N4. The predicted octanol–water partition coefficient (Wildman–Crippen LogP) is 3.20. The zero-order chi connectivity index (χ0) is 13.9. The van der Waals surface area contributed by atoms with Crippen molar-refractivity contribution in [2.45, 2.75) is 20.3 Å². The van der Waals surface area contributed by atoms with Crippen LogP contribution in [0.1, 0.15) is 18.3 Å². The largest absolute Gasteiger partial charge is 0.299 e. The minimum absolute atomic E-state index is 0.818. The minimum atomic E-state index is 0.818. The van der Waals surface area contributed by atoms with E-state index in [0.29, 0.717) is 0 Å². The molecule has 20 heavy (non-hydrogen) atoms. The van der Waals surface area contributed by atoms with Crippen LogP contribution in [0.15, 0.2) is 48.9 Å². The Morgan fingerprint density at radius 3 is 2.80 bits per heavy atom. The molecule has 0 aliphatic heterocycles. The maximum atomic E-state index is 4.55. The second kappa shape index (κ2) is 5.25. The molecule has 0 N–H and O–H groups in total. The molecule has 4 heteroatoms. The average molecular weight is 264 g/mol. The first-order valence-electron chi connectivity index (χ1n) is 6.70. The van der Waals surface area contributed by atoms with E-state index in [1.54, 1.807) is 12.4 Å². The van der Waals surface area contributed by atoms with E-state index >= 15 is 0 Å². The summed E-state index contributed by atoms with van der Waals surface area (Å²) < 4.78 is 2.05. The van der Waals surface area contributed by atoms with Crippen LogP contribution in [0, 0.1) is 6.92 Å². The zero-order valence-corrected chi connectivity index (χ0v) is 11.6. The third-order valence-electron chi connectivity index (χ3n) is 3.17. The molecule has 3 aromatic rings. The number of rotatable bonds is 3. The standard InChI is InChI=1S/C16H16N4/c1-3-15-17-8-7-14(19-15)16-18-9-10-20(16)13-6-4-5-12(2)11-13/h4-11H,3H2,1-2H3. The van der Waals surface area contributed by atoms with E-state index in [-0.39, 0.29) is 0 Å². The van der Waals surface area contributed by atoms with E-state index in [1.807, 2.05) is 25.3 Å². The van der Waals surface area contributed by atoms with Crippen LogP contribution in [0.5, 0.6) is 0 Å². The Morgan fingerprint density at radius 1 is 1.10 bits per heavy atom. The molecule has 100 valence electrons. The molecule has 0 fully saturated rings. The summed E-state index contributed by atoms with van der Waals surface area (Å²) in [5.74, 6) is 1.67. The summed E-state index contributed by atoms with van der Waals surface area (Å²) in [6, 6.07) is 10.2. The molecule has 0 unspecified atom stereocenters. The molecule has 0 aliphatic carbocycles. The van der Waals surface area contributed by atoms with Crippen molar-refractivity contribution in [3.05, 3.63) is 60.3 Å². The van der Waals surface area contributed by atoms with Crippen LogP contribution >= 0.6 is 0 Å². The Bertz CT molecular complexity index is 731. The van der Waals surface area contributed by atoms with Gasteiger partial charge in [-0.15, -0.1) is 0 Å². The molecular weight excluding hydrogens is 248 g/mol. The van der Waals surface area contributed by atoms with Crippen molar-refractivity contribution in [2.75, 3.05) is 0 Å². The molecule has 2 aromatic heterocycles. The van der Waals surface area contributed by atoms with Crippen LogP contribution in [0.2, 0.25) is 0 Å². The average Bonchev–Trinajstić information content (AvgIpc) is 2.97. The summed E-state index contributed by atoms with van der Waals surface area (Å²) >= 11 is 0. The highest BCUT2D eigenvalue weighted by molar-refractivity contribution is 5.54. The molecule has 0 radical (unpaired) electrons. The molecule has 0 amide bonds. The summed E-state index contributed by atoms with van der Waals surface area (Å²) in [5.41, 5.74) is 3.16. The second-order valence-corrected chi connectivity index (χ2v) is 4.67. The molecule has 2 heterocycles. The summed E-state index contributed by atoms with van der Waals surface area (Å²) in [7, 11) is 0. The van der Waals surface area contributed by atoms with Crippen LogP contribution in [-0.4, -0.2) is 19.5 Å². The van der Waals surface area contributed by atoms with Crippen LogP contribution in [0.4, 0.5) is 0 Å². The molecule has 0 saturated heterocycles. The van der Waals surface area contributed by atoms with E-state index in [4.69, 9.17) is 0 Å². The third-order valence-corrected chi connectivity index (χ3v) is 3.17. The lowest BCUT2D eigenvalue weighted by molar-refractivity contribution is 0.930. The van der Waals surface area contributed by atoms with Gasteiger partial charge in [0, 0.05) is 30.7 Å².